The van der Waals surface area contributed by atoms with Crippen molar-refractivity contribution in [1.82, 2.24) is 20.2 Å². The van der Waals surface area contributed by atoms with Crippen LogP contribution in [0.2, 0.25) is 0 Å². The second-order valence-electron chi connectivity index (χ2n) is 3.96. The first kappa shape index (κ1) is 14.3. The Labute approximate surface area is 134 Å². The van der Waals surface area contributed by atoms with E-state index in [4.69, 9.17) is 5.73 Å². The molecule has 106 valence electrons. The third kappa shape index (κ3) is 3.93. The van der Waals surface area contributed by atoms with Crippen LogP contribution in [0.5, 0.6) is 0 Å². The highest BCUT2D eigenvalue weighted by Crippen LogP contribution is 2.34. The standard InChI is InChI=1S/C13H11N5S3/c14-10-11(16-7-6-15-10)20-13-18-17-12(21-13)19-8-9-4-2-1-3-5-9/h1-7H,8H2,(H2,14,15). The van der Waals surface area contributed by atoms with Crippen molar-refractivity contribution in [1.29, 1.82) is 0 Å². The lowest BCUT2D eigenvalue weighted by Gasteiger charge is -1.98. The van der Waals surface area contributed by atoms with E-state index in [0.29, 0.717) is 10.8 Å². The van der Waals surface area contributed by atoms with Gasteiger partial charge in [0.05, 0.1) is 0 Å². The molecule has 0 amide bonds. The molecule has 0 spiro atoms. The van der Waals surface area contributed by atoms with Crippen LogP contribution in [0.4, 0.5) is 5.82 Å². The molecule has 1 aromatic carbocycles. The van der Waals surface area contributed by atoms with Crippen LogP contribution in [0.15, 0.2) is 56.4 Å². The summed E-state index contributed by atoms with van der Waals surface area (Å²) >= 11 is 4.60. The van der Waals surface area contributed by atoms with Gasteiger partial charge >= 0.3 is 0 Å². The van der Waals surface area contributed by atoms with Gasteiger partial charge in [-0.15, -0.1) is 10.2 Å². The molecule has 0 aliphatic rings. The molecule has 8 heteroatoms. The number of rotatable bonds is 5. The molecule has 2 N–H and O–H groups in total. The second kappa shape index (κ2) is 6.88. The molecule has 0 fully saturated rings. The number of nitrogens with zero attached hydrogens (tertiary/aromatic N) is 4. The van der Waals surface area contributed by atoms with Crippen LogP contribution in [-0.4, -0.2) is 20.2 Å². The van der Waals surface area contributed by atoms with Crippen LogP contribution >= 0.6 is 34.9 Å². The largest absolute Gasteiger partial charge is 0.381 e. The van der Waals surface area contributed by atoms with Gasteiger partial charge in [-0.3, -0.25) is 0 Å². The highest BCUT2D eigenvalue weighted by Gasteiger charge is 2.10. The van der Waals surface area contributed by atoms with Gasteiger partial charge in [0, 0.05) is 18.1 Å². The Hall–Kier alpha value is -1.64. The number of aromatic nitrogens is 4. The van der Waals surface area contributed by atoms with Crippen molar-refractivity contribution in [2.75, 3.05) is 5.73 Å². The molecule has 0 aliphatic carbocycles. The molecule has 2 heterocycles. The first-order valence-electron chi connectivity index (χ1n) is 6.06. The molecule has 0 radical (unpaired) electrons. The molecule has 0 saturated heterocycles. The Kier molecular flexibility index (Phi) is 4.69. The third-order valence-electron chi connectivity index (χ3n) is 2.47. The van der Waals surface area contributed by atoms with Gasteiger partial charge in [-0.1, -0.05) is 53.4 Å². The monoisotopic (exact) mass is 333 g/mol. The summed E-state index contributed by atoms with van der Waals surface area (Å²) in [6, 6.07) is 10.3. The van der Waals surface area contributed by atoms with E-state index in [1.54, 1.807) is 24.2 Å². The van der Waals surface area contributed by atoms with Crippen molar-refractivity contribution in [3.8, 4) is 0 Å². The first-order chi connectivity index (χ1) is 10.3. The number of nitrogens with two attached hydrogens (primary N) is 1. The summed E-state index contributed by atoms with van der Waals surface area (Å²) in [6.07, 6.45) is 3.19. The Morgan fingerprint density at radius 3 is 2.57 bits per heavy atom. The topological polar surface area (TPSA) is 77.6 Å². The average molecular weight is 333 g/mol. The van der Waals surface area contributed by atoms with Crippen molar-refractivity contribution in [3.05, 3.63) is 48.3 Å². The lowest BCUT2D eigenvalue weighted by atomic mass is 10.2. The fraction of sp³-hybridized carbons (Fsp3) is 0.0769. The van der Waals surface area contributed by atoms with Crippen molar-refractivity contribution in [3.63, 3.8) is 0 Å². The van der Waals surface area contributed by atoms with E-state index in [0.717, 1.165) is 14.4 Å². The van der Waals surface area contributed by atoms with Crippen molar-refractivity contribution in [2.24, 2.45) is 0 Å². The first-order valence-corrected chi connectivity index (χ1v) is 8.67. The van der Waals surface area contributed by atoms with Gasteiger partial charge < -0.3 is 5.73 Å². The fourth-order valence-electron chi connectivity index (χ4n) is 1.51. The number of hydrogen-bond acceptors (Lipinski definition) is 8. The number of benzene rings is 1. The number of hydrogen-bond donors (Lipinski definition) is 1. The molecule has 0 saturated carbocycles. The number of anilines is 1. The number of nitrogen functional groups attached to an aromatic ring is 1. The zero-order valence-corrected chi connectivity index (χ0v) is 13.3. The summed E-state index contributed by atoms with van der Waals surface area (Å²) in [5.74, 6) is 1.30. The fourth-order valence-corrected chi connectivity index (χ4v) is 4.37. The molecular weight excluding hydrogens is 322 g/mol. The summed E-state index contributed by atoms with van der Waals surface area (Å²) in [4.78, 5) is 8.19. The van der Waals surface area contributed by atoms with E-state index in [1.165, 1.54) is 28.7 Å². The minimum Gasteiger partial charge on any atom is -0.381 e. The predicted molar refractivity (Wildman–Crippen MR) is 86.5 cm³/mol. The molecule has 3 aromatic rings. The predicted octanol–water partition coefficient (Wildman–Crippen LogP) is 3.35. The lowest BCUT2D eigenvalue weighted by Crippen LogP contribution is -1.94. The minimum atomic E-state index is 0.413. The normalized spacial score (nSPS) is 10.7. The highest BCUT2D eigenvalue weighted by molar-refractivity contribution is 8.03. The van der Waals surface area contributed by atoms with Gasteiger partial charge in [0.1, 0.15) is 5.03 Å². The van der Waals surface area contributed by atoms with Crippen LogP contribution in [-0.2, 0) is 5.75 Å². The average Bonchev–Trinajstić information content (AvgIpc) is 2.96. The van der Waals surface area contributed by atoms with Gasteiger partial charge in [-0.05, 0) is 17.3 Å². The SMILES string of the molecule is Nc1nccnc1Sc1nnc(SCc2ccccc2)s1. The number of thioether (sulfide) groups is 1. The summed E-state index contributed by atoms with van der Waals surface area (Å²) in [6.45, 7) is 0. The van der Waals surface area contributed by atoms with Crippen molar-refractivity contribution < 1.29 is 0 Å². The molecule has 0 aliphatic heterocycles. The van der Waals surface area contributed by atoms with E-state index in [-0.39, 0.29) is 0 Å². The van der Waals surface area contributed by atoms with Gasteiger partial charge in [-0.2, -0.15) is 0 Å². The van der Waals surface area contributed by atoms with Gasteiger partial charge in [0.15, 0.2) is 14.5 Å². The van der Waals surface area contributed by atoms with E-state index in [2.05, 4.69) is 32.3 Å². The Balaban J connectivity index is 1.63. The Morgan fingerprint density at radius 2 is 1.76 bits per heavy atom. The van der Waals surface area contributed by atoms with Gasteiger partial charge in [-0.25, -0.2) is 9.97 Å². The molecule has 2 aromatic heterocycles. The van der Waals surface area contributed by atoms with Crippen molar-refractivity contribution >= 4 is 40.7 Å². The molecule has 0 unspecified atom stereocenters. The quantitative estimate of drug-likeness (QED) is 0.717. The van der Waals surface area contributed by atoms with E-state index < -0.39 is 0 Å². The van der Waals surface area contributed by atoms with Crippen LogP contribution in [0.1, 0.15) is 5.56 Å². The Bertz CT molecular complexity index is 717. The zero-order valence-electron chi connectivity index (χ0n) is 10.8. The molecule has 5 nitrogen and oxygen atoms in total. The van der Waals surface area contributed by atoms with Crippen molar-refractivity contribution in [2.45, 2.75) is 19.5 Å². The maximum atomic E-state index is 5.77. The smallest absolute Gasteiger partial charge is 0.181 e. The molecule has 0 bridgehead atoms. The molecule has 21 heavy (non-hydrogen) atoms. The summed E-state index contributed by atoms with van der Waals surface area (Å²) < 4.78 is 1.75. The van der Waals surface area contributed by atoms with E-state index in [9.17, 15) is 0 Å². The van der Waals surface area contributed by atoms with Crippen LogP contribution in [0.25, 0.3) is 0 Å². The molecule has 3 rings (SSSR count). The van der Waals surface area contributed by atoms with E-state index in [1.807, 2.05) is 18.2 Å². The summed E-state index contributed by atoms with van der Waals surface area (Å²) in [5, 5.41) is 8.99. The van der Waals surface area contributed by atoms with Crippen LogP contribution < -0.4 is 5.73 Å². The highest BCUT2D eigenvalue weighted by atomic mass is 32.2. The summed E-state index contributed by atoms with van der Waals surface area (Å²) in [7, 11) is 0. The summed E-state index contributed by atoms with van der Waals surface area (Å²) in [5.41, 5.74) is 7.04. The van der Waals surface area contributed by atoms with Crippen LogP contribution in [0, 0.1) is 0 Å². The molecular formula is C13H11N5S3. The third-order valence-corrected chi connectivity index (χ3v) is 5.65. The molecule has 0 atom stereocenters. The van der Waals surface area contributed by atoms with E-state index >= 15 is 0 Å². The minimum absolute atomic E-state index is 0.413. The maximum absolute atomic E-state index is 5.77. The van der Waals surface area contributed by atoms with Crippen LogP contribution in [0.3, 0.4) is 0 Å². The lowest BCUT2D eigenvalue weighted by molar-refractivity contribution is 0.951. The van der Waals surface area contributed by atoms with Gasteiger partial charge in [0.2, 0.25) is 0 Å². The van der Waals surface area contributed by atoms with Gasteiger partial charge in [0.25, 0.3) is 0 Å². The second-order valence-corrected chi connectivity index (χ2v) is 7.39. The zero-order chi connectivity index (χ0) is 14.5. The Morgan fingerprint density at radius 1 is 1.00 bits per heavy atom. The maximum Gasteiger partial charge on any atom is 0.181 e.